The predicted octanol–water partition coefficient (Wildman–Crippen LogP) is 2.71. The van der Waals surface area contributed by atoms with Gasteiger partial charge in [-0.2, -0.15) is 0 Å². The first kappa shape index (κ1) is 27.0. The molecule has 1 amide bonds. The number of aryl methyl sites for hydroxylation is 1. The van der Waals surface area contributed by atoms with Crippen molar-refractivity contribution < 1.29 is 23.7 Å². The lowest BCUT2D eigenvalue weighted by molar-refractivity contribution is -0.197. The molecular weight excluding hydrogens is 542 g/mol. The molecule has 4 aliphatic heterocycles. The molecule has 1 aromatic carbocycles. The van der Waals surface area contributed by atoms with Crippen LogP contribution in [-0.4, -0.2) is 75.0 Å². The fourth-order valence-corrected chi connectivity index (χ4v) is 6.02. The van der Waals surface area contributed by atoms with Gasteiger partial charge in [-0.25, -0.2) is 15.0 Å². The van der Waals surface area contributed by atoms with E-state index in [9.17, 15) is 4.79 Å². The third-order valence-corrected chi connectivity index (χ3v) is 8.10. The molecule has 3 aromatic rings. The average Bonchev–Trinajstić information content (AvgIpc) is 3.77. The van der Waals surface area contributed by atoms with Gasteiger partial charge in [0, 0.05) is 13.0 Å². The summed E-state index contributed by atoms with van der Waals surface area (Å²) in [6.45, 7) is 6.97. The van der Waals surface area contributed by atoms with Crippen LogP contribution in [0.2, 0.25) is 0 Å². The summed E-state index contributed by atoms with van der Waals surface area (Å²) in [5, 5.41) is 16.1. The van der Waals surface area contributed by atoms with Gasteiger partial charge in [-0.1, -0.05) is 29.8 Å². The fraction of sp³-hybridized carbons (Fsp3) is 0.536. The van der Waals surface area contributed by atoms with Gasteiger partial charge in [0.15, 0.2) is 34.8 Å². The number of nitrogens with two attached hydrogens (primary N) is 1. The van der Waals surface area contributed by atoms with E-state index in [1.807, 2.05) is 49.6 Å². The molecule has 42 heavy (non-hydrogen) atoms. The zero-order valence-corrected chi connectivity index (χ0v) is 23.6. The van der Waals surface area contributed by atoms with Crippen molar-refractivity contribution >= 4 is 29.1 Å². The van der Waals surface area contributed by atoms with E-state index in [0.717, 1.165) is 17.5 Å². The van der Waals surface area contributed by atoms with Gasteiger partial charge in [-0.15, -0.1) is 10.2 Å². The van der Waals surface area contributed by atoms with Crippen molar-refractivity contribution in [2.75, 3.05) is 18.5 Å². The highest BCUT2D eigenvalue weighted by Crippen LogP contribution is 2.45. The van der Waals surface area contributed by atoms with Gasteiger partial charge in [-0.05, 0) is 44.4 Å². The first-order valence-corrected chi connectivity index (χ1v) is 14.1. The van der Waals surface area contributed by atoms with Gasteiger partial charge in [0.05, 0.1) is 31.3 Å². The van der Waals surface area contributed by atoms with E-state index in [0.29, 0.717) is 42.4 Å². The van der Waals surface area contributed by atoms with E-state index in [1.54, 1.807) is 12.5 Å². The molecular formula is C28H33N9O5. The molecule has 0 aliphatic carbocycles. The number of amides is 1. The second kappa shape index (κ2) is 10.2. The lowest BCUT2D eigenvalue weighted by atomic mass is 9.90. The lowest BCUT2D eigenvalue weighted by Crippen LogP contribution is -2.30. The van der Waals surface area contributed by atoms with Crippen molar-refractivity contribution in [2.45, 2.75) is 81.9 Å². The third-order valence-electron chi connectivity index (χ3n) is 8.10. The van der Waals surface area contributed by atoms with Crippen LogP contribution in [0.15, 0.2) is 46.0 Å². The number of hydrogen-bond acceptors (Lipinski definition) is 12. The first-order chi connectivity index (χ1) is 20.2. The average molecular weight is 576 g/mol. The predicted molar refractivity (Wildman–Crippen MR) is 150 cm³/mol. The number of anilines is 1. The Morgan fingerprint density at radius 1 is 1.17 bits per heavy atom. The number of carbonyl (C=O) groups excluding carboxylic acids is 1. The van der Waals surface area contributed by atoms with Crippen LogP contribution < -0.4 is 11.1 Å². The van der Waals surface area contributed by atoms with Crippen molar-refractivity contribution in [3.05, 3.63) is 47.5 Å². The van der Waals surface area contributed by atoms with Crippen LogP contribution >= 0.6 is 0 Å². The van der Waals surface area contributed by atoms with Gasteiger partial charge in [0.2, 0.25) is 11.4 Å². The highest BCUT2D eigenvalue weighted by molar-refractivity contribution is 5.86. The summed E-state index contributed by atoms with van der Waals surface area (Å²) in [5.41, 5.74) is 7.35. The maximum absolute atomic E-state index is 11.6. The summed E-state index contributed by atoms with van der Waals surface area (Å²) < 4.78 is 26.5. The summed E-state index contributed by atoms with van der Waals surface area (Å²) in [7, 11) is 0. The highest BCUT2D eigenvalue weighted by Gasteiger charge is 2.56. The molecule has 2 aromatic heterocycles. The van der Waals surface area contributed by atoms with Crippen molar-refractivity contribution in [1.29, 1.82) is 0 Å². The number of nitrogens with zero attached hydrogens (tertiary/aromatic N) is 7. The molecule has 2 unspecified atom stereocenters. The van der Waals surface area contributed by atoms with E-state index >= 15 is 0 Å². The number of fused-ring (bicyclic) bond motifs is 2. The number of imidazole rings is 1. The van der Waals surface area contributed by atoms with Crippen LogP contribution in [0.1, 0.15) is 56.3 Å². The third kappa shape index (κ3) is 4.64. The van der Waals surface area contributed by atoms with E-state index in [-0.39, 0.29) is 12.5 Å². The molecule has 0 spiro atoms. The van der Waals surface area contributed by atoms with Gasteiger partial charge in [0.1, 0.15) is 12.2 Å². The number of aromatic nitrogens is 4. The zero-order chi connectivity index (χ0) is 29.1. The summed E-state index contributed by atoms with van der Waals surface area (Å²) >= 11 is 0. The first-order valence-electron chi connectivity index (χ1n) is 14.1. The maximum atomic E-state index is 11.6. The minimum absolute atomic E-state index is 0.0629. The minimum Gasteiger partial charge on any atom is -0.379 e. The standard InChI is InChI=1S/C28H33N9O5/c1-15-4-6-16(7-5-15)28(13-31-36-35-28)26-33-23(32-17-10-11-39-12-17)20-24(34-26)37(14-30-20)25-22-21(41-27(2,3)42-22)18(40-25)8-9-19(29)38/h4-7,13-14,17-18,21-22,25H,8-12H2,1-3H3,(H2,29,38)(H,32,33,34)/t17?,18-,21+,22+,25+,28?/m0/s1. The molecule has 0 radical (unpaired) electrons. The Hall–Kier alpha value is -3.85. The summed E-state index contributed by atoms with van der Waals surface area (Å²) in [4.78, 5) is 26.3. The number of nitrogens with one attached hydrogen (secondary N) is 1. The second-order valence-corrected chi connectivity index (χ2v) is 11.6. The Kier molecular flexibility index (Phi) is 6.53. The van der Waals surface area contributed by atoms with Crippen LogP contribution in [-0.2, 0) is 29.3 Å². The Bertz CT molecular complexity index is 1550. The number of carbonyl (C=O) groups is 1. The molecule has 6 heterocycles. The van der Waals surface area contributed by atoms with Crippen molar-refractivity contribution in [3.8, 4) is 0 Å². The topological polar surface area (TPSA) is 173 Å². The maximum Gasteiger partial charge on any atom is 0.217 e. The summed E-state index contributed by atoms with van der Waals surface area (Å²) in [6.07, 6.45) is 2.84. The van der Waals surface area contributed by atoms with Crippen LogP contribution in [0.3, 0.4) is 0 Å². The largest absolute Gasteiger partial charge is 0.379 e. The molecule has 4 aliphatic rings. The van der Waals surface area contributed by atoms with Crippen LogP contribution in [0.4, 0.5) is 5.82 Å². The van der Waals surface area contributed by atoms with Crippen molar-refractivity contribution in [2.24, 2.45) is 21.2 Å². The van der Waals surface area contributed by atoms with Gasteiger partial charge < -0.3 is 30.0 Å². The van der Waals surface area contributed by atoms with E-state index in [1.165, 1.54) is 0 Å². The second-order valence-electron chi connectivity index (χ2n) is 11.6. The molecule has 3 saturated heterocycles. The van der Waals surface area contributed by atoms with Gasteiger partial charge >= 0.3 is 0 Å². The Morgan fingerprint density at radius 3 is 2.69 bits per heavy atom. The number of benzene rings is 1. The molecule has 0 saturated carbocycles. The highest BCUT2D eigenvalue weighted by atomic mass is 16.8. The van der Waals surface area contributed by atoms with E-state index in [4.69, 9.17) is 39.6 Å². The molecule has 7 rings (SSSR count). The van der Waals surface area contributed by atoms with Crippen LogP contribution in [0, 0.1) is 6.92 Å². The van der Waals surface area contributed by atoms with Crippen molar-refractivity contribution in [1.82, 2.24) is 19.5 Å². The van der Waals surface area contributed by atoms with E-state index < -0.39 is 41.8 Å². The summed E-state index contributed by atoms with van der Waals surface area (Å²) in [5.74, 6) is -0.294. The molecule has 220 valence electrons. The van der Waals surface area contributed by atoms with Crippen LogP contribution in [0.25, 0.3) is 11.2 Å². The number of primary amides is 1. The number of ether oxygens (including phenoxy) is 4. The molecule has 3 fully saturated rings. The normalized spacial score (nSPS) is 31.3. The molecule has 6 atom stereocenters. The summed E-state index contributed by atoms with van der Waals surface area (Å²) in [6, 6.07) is 8.04. The minimum atomic E-state index is -1.13. The van der Waals surface area contributed by atoms with Gasteiger partial charge in [0.25, 0.3) is 0 Å². The molecule has 3 N–H and O–H groups in total. The Balaban J connectivity index is 1.35. The fourth-order valence-electron chi connectivity index (χ4n) is 6.02. The molecule has 0 bridgehead atoms. The smallest absolute Gasteiger partial charge is 0.217 e. The Labute approximate surface area is 241 Å². The van der Waals surface area contributed by atoms with Gasteiger partial charge in [-0.3, -0.25) is 9.36 Å². The molecule has 14 heteroatoms. The number of rotatable bonds is 8. The zero-order valence-electron chi connectivity index (χ0n) is 23.6. The monoisotopic (exact) mass is 575 g/mol. The quantitative estimate of drug-likeness (QED) is 0.409. The van der Waals surface area contributed by atoms with Crippen molar-refractivity contribution in [3.63, 3.8) is 0 Å². The SMILES string of the molecule is Cc1ccc(C2(c3nc(NC4CCOC4)c4ncn([C@@H]5O[C@@H](CCC(N)=O)[C@H]6OC(C)(C)O[C@H]65)c4n3)C=NN=N2)cc1. The number of hydrogen-bond donors (Lipinski definition) is 2. The van der Waals surface area contributed by atoms with Crippen LogP contribution in [0.5, 0.6) is 0 Å². The lowest BCUT2D eigenvalue weighted by Gasteiger charge is -2.25. The Morgan fingerprint density at radius 2 is 1.98 bits per heavy atom. The van der Waals surface area contributed by atoms with E-state index in [2.05, 4.69) is 20.8 Å². The molecule has 14 nitrogen and oxygen atoms in total.